The molecular formula is C20H23N3. The second kappa shape index (κ2) is 6.25. The first-order valence-electron chi connectivity index (χ1n) is 8.61. The van der Waals surface area contributed by atoms with Gasteiger partial charge >= 0.3 is 0 Å². The number of rotatable bonds is 3. The zero-order chi connectivity index (χ0) is 15.6. The second-order valence-corrected chi connectivity index (χ2v) is 6.77. The van der Waals surface area contributed by atoms with E-state index in [-0.39, 0.29) is 0 Å². The standard InChI is InChI=1S/C20H23N3/c1-15-10-11-20(22-21-15)17-12-18-8-5-9-19(13-17)23(18)14-16-6-3-2-4-7-16/h2-4,6-7,10-12,18-19H,5,8-9,13-14H2,1H3. The topological polar surface area (TPSA) is 29.0 Å². The molecule has 1 aromatic carbocycles. The van der Waals surface area contributed by atoms with Crippen LogP contribution in [-0.2, 0) is 6.54 Å². The molecule has 1 saturated heterocycles. The number of piperidine rings is 1. The van der Waals surface area contributed by atoms with Crippen molar-refractivity contribution in [3.05, 3.63) is 65.5 Å². The molecule has 2 bridgehead atoms. The highest BCUT2D eigenvalue weighted by atomic mass is 15.2. The van der Waals surface area contributed by atoms with E-state index in [1.165, 1.54) is 30.4 Å². The van der Waals surface area contributed by atoms with E-state index in [9.17, 15) is 0 Å². The maximum absolute atomic E-state index is 4.40. The van der Waals surface area contributed by atoms with Crippen LogP contribution in [0.4, 0.5) is 0 Å². The van der Waals surface area contributed by atoms with E-state index in [0.29, 0.717) is 12.1 Å². The molecule has 23 heavy (non-hydrogen) atoms. The molecule has 3 nitrogen and oxygen atoms in total. The van der Waals surface area contributed by atoms with Crippen molar-refractivity contribution in [3.8, 4) is 0 Å². The average Bonchev–Trinajstić information content (AvgIpc) is 2.56. The fraction of sp³-hybridized carbons (Fsp3) is 0.400. The van der Waals surface area contributed by atoms with E-state index in [4.69, 9.17) is 0 Å². The summed E-state index contributed by atoms with van der Waals surface area (Å²) in [6.45, 7) is 3.04. The van der Waals surface area contributed by atoms with Gasteiger partial charge in [-0.2, -0.15) is 10.2 Å². The smallest absolute Gasteiger partial charge is 0.0887 e. The maximum Gasteiger partial charge on any atom is 0.0887 e. The Kier molecular flexibility index (Phi) is 3.96. The highest BCUT2D eigenvalue weighted by Crippen LogP contribution is 2.37. The van der Waals surface area contributed by atoms with Crippen molar-refractivity contribution < 1.29 is 0 Å². The maximum atomic E-state index is 4.40. The van der Waals surface area contributed by atoms with Gasteiger partial charge in [-0.3, -0.25) is 4.90 Å². The highest BCUT2D eigenvalue weighted by molar-refractivity contribution is 5.64. The van der Waals surface area contributed by atoms with Gasteiger partial charge in [0.15, 0.2) is 0 Å². The lowest BCUT2D eigenvalue weighted by molar-refractivity contribution is 0.0950. The van der Waals surface area contributed by atoms with Gasteiger partial charge in [-0.05, 0) is 49.5 Å². The summed E-state index contributed by atoms with van der Waals surface area (Å²) >= 11 is 0. The number of fused-ring (bicyclic) bond motifs is 2. The summed E-state index contributed by atoms with van der Waals surface area (Å²) < 4.78 is 0. The Balaban J connectivity index is 1.59. The third-order valence-corrected chi connectivity index (χ3v) is 5.12. The Morgan fingerprint density at radius 2 is 1.91 bits per heavy atom. The zero-order valence-electron chi connectivity index (χ0n) is 13.7. The SMILES string of the molecule is Cc1ccc(C2=CC3CCCC(C2)N3Cc2ccccc2)nn1. The summed E-state index contributed by atoms with van der Waals surface area (Å²) in [4.78, 5) is 2.68. The first-order chi connectivity index (χ1) is 11.3. The summed E-state index contributed by atoms with van der Waals surface area (Å²) in [6.07, 6.45) is 7.43. The Morgan fingerprint density at radius 1 is 1.04 bits per heavy atom. The number of aryl methyl sites for hydroxylation is 1. The molecule has 118 valence electrons. The zero-order valence-corrected chi connectivity index (χ0v) is 13.7. The lowest BCUT2D eigenvalue weighted by Gasteiger charge is -2.45. The van der Waals surface area contributed by atoms with Crippen LogP contribution in [0.5, 0.6) is 0 Å². The molecular weight excluding hydrogens is 282 g/mol. The second-order valence-electron chi connectivity index (χ2n) is 6.77. The van der Waals surface area contributed by atoms with Crippen molar-refractivity contribution in [2.24, 2.45) is 0 Å². The van der Waals surface area contributed by atoms with E-state index in [1.807, 2.05) is 6.92 Å². The van der Waals surface area contributed by atoms with Gasteiger partial charge in [-0.15, -0.1) is 0 Å². The summed E-state index contributed by atoms with van der Waals surface area (Å²) in [6, 6.07) is 16.2. The van der Waals surface area contributed by atoms with Gasteiger partial charge in [0.05, 0.1) is 11.4 Å². The summed E-state index contributed by atoms with van der Waals surface area (Å²) in [5.41, 5.74) is 4.84. The summed E-state index contributed by atoms with van der Waals surface area (Å²) in [5.74, 6) is 0. The van der Waals surface area contributed by atoms with E-state index in [0.717, 1.165) is 24.4 Å². The van der Waals surface area contributed by atoms with Crippen molar-refractivity contribution >= 4 is 5.57 Å². The van der Waals surface area contributed by atoms with Crippen LogP contribution in [0.3, 0.4) is 0 Å². The molecule has 1 fully saturated rings. The first kappa shape index (κ1) is 14.6. The number of benzene rings is 1. The van der Waals surface area contributed by atoms with Crippen LogP contribution >= 0.6 is 0 Å². The predicted molar refractivity (Wildman–Crippen MR) is 92.8 cm³/mol. The Morgan fingerprint density at radius 3 is 2.65 bits per heavy atom. The Labute approximate surface area is 138 Å². The molecule has 3 heteroatoms. The van der Waals surface area contributed by atoms with Crippen LogP contribution in [0.15, 0.2) is 48.5 Å². The van der Waals surface area contributed by atoms with Crippen LogP contribution in [-0.4, -0.2) is 27.2 Å². The summed E-state index contributed by atoms with van der Waals surface area (Å²) in [7, 11) is 0. The van der Waals surface area contributed by atoms with Gasteiger partial charge < -0.3 is 0 Å². The minimum absolute atomic E-state index is 0.542. The molecule has 4 rings (SSSR count). The Bertz CT molecular complexity index is 691. The third-order valence-electron chi connectivity index (χ3n) is 5.12. The predicted octanol–water partition coefficient (Wildman–Crippen LogP) is 4.00. The number of hydrogen-bond acceptors (Lipinski definition) is 3. The van der Waals surface area contributed by atoms with Crippen molar-refractivity contribution in [3.63, 3.8) is 0 Å². The normalized spacial score (nSPS) is 24.3. The lowest BCUT2D eigenvalue weighted by atomic mass is 9.83. The number of hydrogen-bond donors (Lipinski definition) is 0. The molecule has 0 aliphatic carbocycles. The molecule has 2 unspecified atom stereocenters. The molecule has 0 radical (unpaired) electrons. The van der Waals surface area contributed by atoms with Gasteiger partial charge in [0.1, 0.15) is 0 Å². The minimum Gasteiger partial charge on any atom is -0.289 e. The van der Waals surface area contributed by atoms with E-state index in [1.54, 1.807) is 0 Å². The molecule has 1 aromatic heterocycles. The molecule has 0 amide bonds. The fourth-order valence-electron chi connectivity index (χ4n) is 3.92. The van der Waals surface area contributed by atoms with Gasteiger partial charge in [-0.25, -0.2) is 0 Å². The molecule has 2 aromatic rings. The van der Waals surface area contributed by atoms with E-state index >= 15 is 0 Å². The van der Waals surface area contributed by atoms with Crippen molar-refractivity contribution in [1.29, 1.82) is 0 Å². The number of aromatic nitrogens is 2. The van der Waals surface area contributed by atoms with Gasteiger partial charge in [-0.1, -0.05) is 42.8 Å². The molecule has 2 aliphatic heterocycles. The van der Waals surface area contributed by atoms with Gasteiger partial charge in [0.2, 0.25) is 0 Å². The molecule has 0 saturated carbocycles. The minimum atomic E-state index is 0.542. The summed E-state index contributed by atoms with van der Waals surface area (Å²) in [5, 5.41) is 8.63. The molecule has 2 atom stereocenters. The van der Waals surface area contributed by atoms with Gasteiger partial charge in [0, 0.05) is 18.6 Å². The highest BCUT2D eigenvalue weighted by Gasteiger charge is 2.34. The average molecular weight is 305 g/mol. The van der Waals surface area contributed by atoms with Crippen molar-refractivity contribution in [1.82, 2.24) is 15.1 Å². The molecule has 3 heterocycles. The largest absolute Gasteiger partial charge is 0.289 e. The van der Waals surface area contributed by atoms with Crippen LogP contribution in [0.1, 0.15) is 42.6 Å². The van der Waals surface area contributed by atoms with Crippen molar-refractivity contribution in [2.45, 2.75) is 51.2 Å². The van der Waals surface area contributed by atoms with Crippen LogP contribution in [0, 0.1) is 6.92 Å². The Hall–Kier alpha value is -2.00. The molecule has 0 spiro atoms. The lowest BCUT2D eigenvalue weighted by Crippen LogP contribution is -2.47. The number of nitrogens with zero attached hydrogens (tertiary/aromatic N) is 3. The first-order valence-corrected chi connectivity index (χ1v) is 8.61. The van der Waals surface area contributed by atoms with Crippen LogP contribution in [0.25, 0.3) is 5.57 Å². The van der Waals surface area contributed by atoms with E-state index in [2.05, 4.69) is 63.6 Å². The van der Waals surface area contributed by atoms with Crippen molar-refractivity contribution in [2.75, 3.05) is 0 Å². The van der Waals surface area contributed by atoms with Crippen LogP contribution in [0.2, 0.25) is 0 Å². The van der Waals surface area contributed by atoms with Gasteiger partial charge in [0.25, 0.3) is 0 Å². The molecule has 2 aliphatic rings. The third kappa shape index (κ3) is 3.06. The van der Waals surface area contributed by atoms with E-state index < -0.39 is 0 Å². The van der Waals surface area contributed by atoms with Crippen LogP contribution < -0.4 is 0 Å². The molecule has 0 N–H and O–H groups in total. The fourth-order valence-corrected chi connectivity index (χ4v) is 3.92. The monoisotopic (exact) mass is 305 g/mol. The quantitative estimate of drug-likeness (QED) is 0.858.